The first-order chi connectivity index (χ1) is 15.2. The average molecular weight is 455 g/mol. The molecule has 0 radical (unpaired) electrons. The van der Waals surface area contributed by atoms with Crippen molar-refractivity contribution in [2.24, 2.45) is 16.5 Å². The van der Waals surface area contributed by atoms with Crippen molar-refractivity contribution in [2.45, 2.75) is 13.0 Å². The average Bonchev–Trinajstić information content (AvgIpc) is 2.73. The number of urea groups is 1. The molecule has 0 bridgehead atoms. The SMILES string of the molecule is C[C@@H]1CN(C(=O)Nc2ccc(C#N)c(F)c2)CC(C(C(N)=O)=C(N)c2cccc(Cl)c2)=N1. The molecule has 0 saturated heterocycles. The second kappa shape index (κ2) is 9.49. The third-order valence-corrected chi connectivity index (χ3v) is 5.00. The summed E-state index contributed by atoms with van der Waals surface area (Å²) in [5.41, 5.74) is 12.7. The number of primary amides is 1. The van der Waals surface area contributed by atoms with Gasteiger partial charge in [-0.3, -0.25) is 9.79 Å². The minimum Gasteiger partial charge on any atom is -0.398 e. The molecular formula is C22H20ClFN6O2. The highest BCUT2D eigenvalue weighted by atomic mass is 35.5. The van der Waals surface area contributed by atoms with Crippen LogP contribution >= 0.6 is 11.6 Å². The summed E-state index contributed by atoms with van der Waals surface area (Å²) in [6.45, 7) is 2.00. The highest BCUT2D eigenvalue weighted by Gasteiger charge is 2.28. The fraction of sp³-hybridized carbons (Fsp3) is 0.182. The van der Waals surface area contributed by atoms with Crippen LogP contribution in [0, 0.1) is 17.1 Å². The summed E-state index contributed by atoms with van der Waals surface area (Å²) in [5.74, 6) is -1.53. The number of amides is 3. The molecule has 1 aliphatic heterocycles. The maximum Gasteiger partial charge on any atom is 0.322 e. The van der Waals surface area contributed by atoms with E-state index in [0.717, 1.165) is 6.07 Å². The predicted octanol–water partition coefficient (Wildman–Crippen LogP) is 2.88. The number of hydrogen-bond donors (Lipinski definition) is 3. The molecule has 0 aromatic heterocycles. The Hall–Kier alpha value is -3.90. The lowest BCUT2D eigenvalue weighted by Gasteiger charge is -2.31. The van der Waals surface area contributed by atoms with Gasteiger partial charge in [-0.25, -0.2) is 9.18 Å². The van der Waals surface area contributed by atoms with E-state index >= 15 is 0 Å². The standard InChI is InChI=1S/C22H20ClFN6O2/c1-12-10-30(22(32)29-16-6-5-14(9-25)17(24)8-16)11-18(28-12)19(21(27)31)20(26)13-3-2-4-15(23)7-13/h2-8,12H,10-11,26H2,1H3,(H2,27,31)(H,29,32)/t12-/m1/s1. The van der Waals surface area contributed by atoms with Crippen LogP contribution in [-0.4, -0.2) is 41.7 Å². The van der Waals surface area contributed by atoms with Crippen LogP contribution in [0.4, 0.5) is 14.9 Å². The summed E-state index contributed by atoms with van der Waals surface area (Å²) < 4.78 is 13.9. The molecule has 10 heteroatoms. The molecule has 0 aliphatic carbocycles. The molecule has 3 amide bonds. The summed E-state index contributed by atoms with van der Waals surface area (Å²) in [4.78, 5) is 30.9. The van der Waals surface area contributed by atoms with Gasteiger partial charge in [0.25, 0.3) is 5.91 Å². The molecule has 3 rings (SSSR count). The number of nitrogens with one attached hydrogen (secondary N) is 1. The Morgan fingerprint density at radius 3 is 2.66 bits per heavy atom. The number of benzene rings is 2. The maximum absolute atomic E-state index is 13.9. The van der Waals surface area contributed by atoms with Crippen LogP contribution in [0.3, 0.4) is 0 Å². The van der Waals surface area contributed by atoms with Crippen LogP contribution in [0.25, 0.3) is 5.70 Å². The van der Waals surface area contributed by atoms with Gasteiger partial charge in [0.15, 0.2) is 0 Å². The van der Waals surface area contributed by atoms with Gasteiger partial charge in [0.2, 0.25) is 0 Å². The van der Waals surface area contributed by atoms with E-state index in [1.54, 1.807) is 37.3 Å². The van der Waals surface area contributed by atoms with Crippen molar-refractivity contribution in [3.8, 4) is 6.07 Å². The van der Waals surface area contributed by atoms with Gasteiger partial charge in [0.1, 0.15) is 11.9 Å². The molecule has 2 aromatic carbocycles. The minimum absolute atomic E-state index is 0.000958. The number of anilines is 1. The highest BCUT2D eigenvalue weighted by Crippen LogP contribution is 2.22. The number of nitrogens with zero attached hydrogens (tertiary/aromatic N) is 3. The molecule has 8 nitrogen and oxygen atoms in total. The Kier molecular flexibility index (Phi) is 6.76. The number of halogens is 2. The number of hydrogen-bond acceptors (Lipinski definition) is 5. The summed E-state index contributed by atoms with van der Waals surface area (Å²) in [7, 11) is 0. The topological polar surface area (TPSA) is 138 Å². The van der Waals surface area contributed by atoms with Crippen molar-refractivity contribution in [1.29, 1.82) is 5.26 Å². The molecule has 1 aliphatic rings. The molecule has 5 N–H and O–H groups in total. The van der Waals surface area contributed by atoms with Gasteiger partial charge in [-0.05, 0) is 42.8 Å². The molecule has 0 unspecified atom stereocenters. The summed E-state index contributed by atoms with van der Waals surface area (Å²) in [6, 6.07) is 11.2. The Bertz CT molecular complexity index is 1190. The smallest absolute Gasteiger partial charge is 0.322 e. The van der Waals surface area contributed by atoms with E-state index in [1.807, 2.05) is 0 Å². The number of aliphatic imine (C=N–C) groups is 1. The molecule has 164 valence electrons. The molecule has 0 saturated carbocycles. The van der Waals surface area contributed by atoms with Gasteiger partial charge >= 0.3 is 6.03 Å². The number of carbonyl (C=O) groups is 2. The Morgan fingerprint density at radius 2 is 2.03 bits per heavy atom. The fourth-order valence-corrected chi connectivity index (χ4v) is 3.52. The lowest BCUT2D eigenvalue weighted by Crippen LogP contribution is -2.47. The maximum atomic E-state index is 13.9. The van der Waals surface area contributed by atoms with Gasteiger partial charge in [0, 0.05) is 17.3 Å². The van der Waals surface area contributed by atoms with E-state index in [4.69, 9.17) is 28.3 Å². The molecule has 1 heterocycles. The lowest BCUT2D eigenvalue weighted by molar-refractivity contribution is -0.114. The van der Waals surface area contributed by atoms with Gasteiger partial charge < -0.3 is 21.7 Å². The van der Waals surface area contributed by atoms with Crippen molar-refractivity contribution in [3.05, 3.63) is 70.0 Å². The zero-order chi connectivity index (χ0) is 23.4. The summed E-state index contributed by atoms with van der Waals surface area (Å²) >= 11 is 6.02. The molecule has 0 fully saturated rings. The second-order valence-electron chi connectivity index (χ2n) is 7.21. The number of carbonyl (C=O) groups excluding carboxylic acids is 2. The van der Waals surface area contributed by atoms with Crippen LogP contribution < -0.4 is 16.8 Å². The highest BCUT2D eigenvalue weighted by molar-refractivity contribution is 6.31. The van der Waals surface area contributed by atoms with Crippen molar-refractivity contribution in [3.63, 3.8) is 0 Å². The van der Waals surface area contributed by atoms with Gasteiger partial charge in [-0.2, -0.15) is 5.26 Å². The van der Waals surface area contributed by atoms with Crippen molar-refractivity contribution < 1.29 is 14.0 Å². The number of nitriles is 1. The third kappa shape index (κ3) is 5.04. The Morgan fingerprint density at radius 1 is 1.28 bits per heavy atom. The molecule has 0 spiro atoms. The van der Waals surface area contributed by atoms with E-state index in [2.05, 4.69) is 10.3 Å². The third-order valence-electron chi connectivity index (χ3n) is 4.77. The van der Waals surface area contributed by atoms with Crippen LogP contribution in [0.2, 0.25) is 5.02 Å². The molecule has 1 atom stereocenters. The van der Waals surface area contributed by atoms with Crippen molar-refractivity contribution in [2.75, 3.05) is 18.4 Å². The fourth-order valence-electron chi connectivity index (χ4n) is 3.33. The first kappa shape index (κ1) is 22.8. The van der Waals surface area contributed by atoms with Gasteiger partial charge in [-0.1, -0.05) is 23.7 Å². The van der Waals surface area contributed by atoms with Gasteiger partial charge in [-0.15, -0.1) is 0 Å². The second-order valence-corrected chi connectivity index (χ2v) is 7.64. The Labute approximate surface area is 189 Å². The van der Waals surface area contributed by atoms with E-state index < -0.39 is 17.8 Å². The summed E-state index contributed by atoms with van der Waals surface area (Å²) in [6.07, 6.45) is 0. The molecule has 2 aromatic rings. The van der Waals surface area contributed by atoms with E-state index in [9.17, 15) is 14.0 Å². The van der Waals surface area contributed by atoms with Crippen molar-refractivity contribution in [1.82, 2.24) is 4.90 Å². The van der Waals surface area contributed by atoms with Gasteiger partial charge in [0.05, 0.1) is 35.1 Å². The van der Waals surface area contributed by atoms with Crippen LogP contribution in [0.1, 0.15) is 18.1 Å². The molecular weight excluding hydrogens is 435 g/mol. The van der Waals surface area contributed by atoms with Crippen LogP contribution in [0.15, 0.2) is 53.0 Å². The monoisotopic (exact) mass is 454 g/mol. The normalized spacial score (nSPS) is 16.5. The van der Waals surface area contributed by atoms with Crippen LogP contribution in [0.5, 0.6) is 0 Å². The zero-order valence-electron chi connectivity index (χ0n) is 17.1. The minimum atomic E-state index is -0.787. The quantitative estimate of drug-likeness (QED) is 0.611. The number of rotatable bonds is 4. The number of nitrogens with two attached hydrogens (primary N) is 2. The molecule has 32 heavy (non-hydrogen) atoms. The van der Waals surface area contributed by atoms with Crippen molar-refractivity contribution >= 4 is 40.6 Å². The first-order valence-corrected chi connectivity index (χ1v) is 9.95. The largest absolute Gasteiger partial charge is 0.398 e. The van der Waals surface area contributed by atoms with E-state index in [-0.39, 0.29) is 47.4 Å². The summed E-state index contributed by atoms with van der Waals surface area (Å²) in [5, 5.41) is 11.9. The predicted molar refractivity (Wildman–Crippen MR) is 120 cm³/mol. The van der Waals surface area contributed by atoms with E-state index in [1.165, 1.54) is 17.0 Å². The first-order valence-electron chi connectivity index (χ1n) is 9.57. The lowest BCUT2D eigenvalue weighted by atomic mass is 10.00. The zero-order valence-corrected chi connectivity index (χ0v) is 17.9. The van der Waals surface area contributed by atoms with E-state index in [0.29, 0.717) is 10.6 Å². The van der Waals surface area contributed by atoms with Crippen LogP contribution in [-0.2, 0) is 4.79 Å². The Balaban J connectivity index is 1.88.